The standard InChI is InChI=1S/C19H21NO4/c1-24-18-8-7-13(9-17(18)21)10-20-11-15(16(12-20)19(22)23)14-5-3-2-4-6-14/h2-9,15-16,21H,10-12H2,1H3,(H,22,23)/t15-,16+/m1/s1. The monoisotopic (exact) mass is 327 g/mol. The first kappa shape index (κ1) is 16.3. The summed E-state index contributed by atoms with van der Waals surface area (Å²) >= 11 is 0. The van der Waals surface area contributed by atoms with Crippen molar-refractivity contribution in [3.05, 3.63) is 59.7 Å². The third-order valence-electron chi connectivity index (χ3n) is 4.59. The number of aromatic hydroxyl groups is 1. The average Bonchev–Trinajstić information content (AvgIpc) is 3.00. The summed E-state index contributed by atoms with van der Waals surface area (Å²) in [5, 5.41) is 19.5. The van der Waals surface area contributed by atoms with Gasteiger partial charge in [0, 0.05) is 25.6 Å². The van der Waals surface area contributed by atoms with Crippen LogP contribution in [0.3, 0.4) is 0 Å². The second-order valence-electron chi connectivity index (χ2n) is 6.16. The van der Waals surface area contributed by atoms with Crippen LogP contribution in [0.4, 0.5) is 0 Å². The van der Waals surface area contributed by atoms with E-state index in [1.165, 1.54) is 7.11 Å². The minimum atomic E-state index is -0.760. The van der Waals surface area contributed by atoms with E-state index in [1.807, 2.05) is 36.4 Å². The van der Waals surface area contributed by atoms with E-state index in [4.69, 9.17) is 4.74 Å². The molecule has 0 aromatic heterocycles. The van der Waals surface area contributed by atoms with Gasteiger partial charge in [-0.05, 0) is 23.3 Å². The first-order chi connectivity index (χ1) is 11.6. The highest BCUT2D eigenvalue weighted by Crippen LogP contribution is 2.34. The highest BCUT2D eigenvalue weighted by molar-refractivity contribution is 5.72. The van der Waals surface area contributed by atoms with Gasteiger partial charge in [0.25, 0.3) is 0 Å². The van der Waals surface area contributed by atoms with Gasteiger partial charge in [0.1, 0.15) is 0 Å². The van der Waals surface area contributed by atoms with Crippen molar-refractivity contribution in [2.45, 2.75) is 12.5 Å². The number of phenolic OH excluding ortho intramolecular Hbond substituents is 1. The Morgan fingerprint density at radius 2 is 1.96 bits per heavy atom. The van der Waals surface area contributed by atoms with Crippen molar-refractivity contribution >= 4 is 5.97 Å². The van der Waals surface area contributed by atoms with E-state index in [0.717, 1.165) is 11.1 Å². The molecule has 1 aliphatic heterocycles. The third-order valence-corrected chi connectivity index (χ3v) is 4.59. The number of hydrogen-bond acceptors (Lipinski definition) is 4. The lowest BCUT2D eigenvalue weighted by Crippen LogP contribution is -2.23. The van der Waals surface area contributed by atoms with Gasteiger partial charge < -0.3 is 14.9 Å². The van der Waals surface area contributed by atoms with Crippen molar-refractivity contribution in [1.82, 2.24) is 4.90 Å². The van der Waals surface area contributed by atoms with E-state index in [2.05, 4.69) is 4.90 Å². The molecule has 0 saturated carbocycles. The molecule has 0 aliphatic carbocycles. The molecule has 126 valence electrons. The maximum absolute atomic E-state index is 11.6. The first-order valence-electron chi connectivity index (χ1n) is 7.94. The number of ether oxygens (including phenoxy) is 1. The zero-order valence-electron chi connectivity index (χ0n) is 13.6. The van der Waals surface area contributed by atoms with Crippen molar-refractivity contribution < 1.29 is 19.7 Å². The predicted octanol–water partition coefficient (Wildman–Crippen LogP) is 2.70. The number of likely N-dealkylation sites (tertiary alicyclic amines) is 1. The number of nitrogens with zero attached hydrogens (tertiary/aromatic N) is 1. The molecule has 24 heavy (non-hydrogen) atoms. The molecular weight excluding hydrogens is 306 g/mol. The Labute approximate surface area is 141 Å². The van der Waals surface area contributed by atoms with Gasteiger partial charge in [-0.2, -0.15) is 0 Å². The molecule has 1 aliphatic rings. The van der Waals surface area contributed by atoms with Crippen LogP contribution >= 0.6 is 0 Å². The molecule has 0 radical (unpaired) electrons. The SMILES string of the molecule is COc1ccc(CN2C[C@H](C(=O)O)[C@@H](c3ccccc3)C2)cc1O. The van der Waals surface area contributed by atoms with Gasteiger partial charge >= 0.3 is 5.97 Å². The van der Waals surface area contributed by atoms with Crippen LogP contribution in [0, 0.1) is 5.92 Å². The van der Waals surface area contributed by atoms with Gasteiger partial charge in [0.2, 0.25) is 0 Å². The Kier molecular flexibility index (Phi) is 4.71. The minimum Gasteiger partial charge on any atom is -0.504 e. The van der Waals surface area contributed by atoms with E-state index < -0.39 is 11.9 Å². The van der Waals surface area contributed by atoms with E-state index in [9.17, 15) is 15.0 Å². The molecule has 2 atom stereocenters. The molecule has 1 fully saturated rings. The molecule has 2 N–H and O–H groups in total. The number of carbonyl (C=O) groups is 1. The molecule has 2 aromatic rings. The van der Waals surface area contributed by atoms with Crippen LogP contribution in [0.5, 0.6) is 11.5 Å². The Hall–Kier alpha value is -2.53. The van der Waals surface area contributed by atoms with Gasteiger partial charge in [-0.3, -0.25) is 9.69 Å². The van der Waals surface area contributed by atoms with Crippen molar-refractivity contribution in [3.63, 3.8) is 0 Å². The minimum absolute atomic E-state index is 0.0180. The lowest BCUT2D eigenvalue weighted by molar-refractivity contribution is -0.141. The molecule has 5 heteroatoms. The normalized spacial score (nSPS) is 20.9. The van der Waals surface area contributed by atoms with Gasteiger partial charge in [-0.25, -0.2) is 0 Å². The van der Waals surface area contributed by atoms with Crippen molar-refractivity contribution in [1.29, 1.82) is 0 Å². The molecule has 0 spiro atoms. The van der Waals surface area contributed by atoms with Crippen LogP contribution in [-0.2, 0) is 11.3 Å². The summed E-state index contributed by atoms with van der Waals surface area (Å²) in [4.78, 5) is 13.8. The van der Waals surface area contributed by atoms with Crippen LogP contribution in [0.25, 0.3) is 0 Å². The molecule has 0 unspecified atom stereocenters. The number of aliphatic carboxylic acids is 1. The largest absolute Gasteiger partial charge is 0.504 e. The molecular formula is C19H21NO4. The Bertz CT molecular complexity index is 717. The van der Waals surface area contributed by atoms with Crippen LogP contribution in [0.15, 0.2) is 48.5 Å². The fourth-order valence-electron chi connectivity index (χ4n) is 3.39. The number of rotatable bonds is 5. The van der Waals surface area contributed by atoms with Gasteiger partial charge in [-0.15, -0.1) is 0 Å². The van der Waals surface area contributed by atoms with Crippen LogP contribution in [-0.4, -0.2) is 41.3 Å². The van der Waals surface area contributed by atoms with Crippen molar-refractivity contribution in [3.8, 4) is 11.5 Å². The quantitative estimate of drug-likeness (QED) is 0.883. The van der Waals surface area contributed by atoms with Crippen molar-refractivity contribution in [2.24, 2.45) is 5.92 Å². The number of carboxylic acid groups (broad SMARTS) is 1. The Morgan fingerprint density at radius 3 is 2.58 bits per heavy atom. The zero-order chi connectivity index (χ0) is 17.1. The Balaban J connectivity index is 1.76. The number of carboxylic acids is 1. The van der Waals surface area contributed by atoms with Crippen LogP contribution in [0.1, 0.15) is 17.0 Å². The average molecular weight is 327 g/mol. The molecule has 0 amide bonds. The molecule has 1 saturated heterocycles. The summed E-state index contributed by atoms with van der Waals surface area (Å²) in [6.45, 7) is 1.79. The third kappa shape index (κ3) is 3.36. The van der Waals surface area contributed by atoms with E-state index >= 15 is 0 Å². The first-order valence-corrected chi connectivity index (χ1v) is 7.94. The Morgan fingerprint density at radius 1 is 1.21 bits per heavy atom. The summed E-state index contributed by atoms with van der Waals surface area (Å²) in [7, 11) is 1.51. The van der Waals surface area contributed by atoms with E-state index in [-0.39, 0.29) is 11.7 Å². The fourth-order valence-corrected chi connectivity index (χ4v) is 3.39. The number of methoxy groups -OCH3 is 1. The summed E-state index contributed by atoms with van der Waals surface area (Å²) in [5.74, 6) is -0.659. The lowest BCUT2D eigenvalue weighted by Gasteiger charge is -2.16. The zero-order valence-corrected chi connectivity index (χ0v) is 13.6. The predicted molar refractivity (Wildman–Crippen MR) is 90.2 cm³/mol. The molecule has 0 bridgehead atoms. The fraction of sp³-hybridized carbons (Fsp3) is 0.316. The number of phenols is 1. The highest BCUT2D eigenvalue weighted by atomic mass is 16.5. The van der Waals surface area contributed by atoms with Gasteiger partial charge in [0.05, 0.1) is 13.0 Å². The van der Waals surface area contributed by atoms with E-state index in [1.54, 1.807) is 12.1 Å². The topological polar surface area (TPSA) is 70.0 Å². The molecule has 1 heterocycles. The smallest absolute Gasteiger partial charge is 0.308 e. The highest BCUT2D eigenvalue weighted by Gasteiger charge is 2.38. The van der Waals surface area contributed by atoms with Crippen LogP contribution < -0.4 is 4.74 Å². The van der Waals surface area contributed by atoms with Crippen LogP contribution in [0.2, 0.25) is 0 Å². The molecule has 3 rings (SSSR count). The molecule has 2 aromatic carbocycles. The summed E-state index contributed by atoms with van der Waals surface area (Å²) in [6, 6.07) is 15.1. The second-order valence-corrected chi connectivity index (χ2v) is 6.16. The van der Waals surface area contributed by atoms with Gasteiger partial charge in [-0.1, -0.05) is 36.4 Å². The summed E-state index contributed by atoms with van der Waals surface area (Å²) < 4.78 is 5.05. The summed E-state index contributed by atoms with van der Waals surface area (Å²) in [5.41, 5.74) is 2.00. The number of hydrogen-bond donors (Lipinski definition) is 2. The second kappa shape index (κ2) is 6.93. The van der Waals surface area contributed by atoms with E-state index in [0.29, 0.717) is 25.4 Å². The number of benzene rings is 2. The maximum atomic E-state index is 11.6. The molecule has 5 nitrogen and oxygen atoms in total. The van der Waals surface area contributed by atoms with Crippen molar-refractivity contribution in [2.75, 3.05) is 20.2 Å². The summed E-state index contributed by atoms with van der Waals surface area (Å²) in [6.07, 6.45) is 0. The lowest BCUT2D eigenvalue weighted by atomic mass is 9.89. The maximum Gasteiger partial charge on any atom is 0.308 e. The van der Waals surface area contributed by atoms with Gasteiger partial charge in [0.15, 0.2) is 11.5 Å².